The molecule has 1 saturated heterocycles. The van der Waals surface area contributed by atoms with E-state index in [1.165, 1.54) is 6.20 Å². The fourth-order valence-corrected chi connectivity index (χ4v) is 4.62. The number of aryl methyl sites for hydroxylation is 1. The smallest absolute Gasteiger partial charge is 0.323 e. The van der Waals surface area contributed by atoms with Crippen molar-refractivity contribution in [2.75, 3.05) is 13.1 Å². The normalized spacial score (nSPS) is 26.9. The summed E-state index contributed by atoms with van der Waals surface area (Å²) in [6.45, 7) is 3.22. The van der Waals surface area contributed by atoms with Crippen molar-refractivity contribution in [3.8, 4) is 5.75 Å². The molecule has 0 bridgehead atoms. The number of nitrogens with one attached hydrogen (secondary N) is 2. The molecule has 2 aromatic rings. The Bertz CT molecular complexity index is 924. The maximum absolute atomic E-state index is 12.6. The van der Waals surface area contributed by atoms with Crippen LogP contribution in [0.3, 0.4) is 0 Å². The number of hydrogen-bond acceptors (Lipinski definition) is 4. The van der Waals surface area contributed by atoms with Crippen molar-refractivity contribution in [2.45, 2.75) is 38.4 Å². The van der Waals surface area contributed by atoms with Crippen molar-refractivity contribution in [1.82, 2.24) is 14.9 Å². The lowest BCUT2D eigenvalue weighted by atomic mass is 9.78. The van der Waals surface area contributed by atoms with E-state index >= 15 is 0 Å². The predicted octanol–water partition coefficient (Wildman–Crippen LogP) is 2.21. The SMILES string of the molecule is CCc1cc(O[C@@H]2C[C@@H]3CN(C(=O)c4c[nH]c(=O)[nH]4)C[C@@H]3C[C@H]2O)ccc1Cl. The molecular weight excluding hydrogens is 382 g/mol. The largest absolute Gasteiger partial charge is 0.488 e. The highest BCUT2D eigenvalue weighted by molar-refractivity contribution is 6.31. The van der Waals surface area contributed by atoms with Gasteiger partial charge in [-0.3, -0.25) is 4.79 Å². The summed E-state index contributed by atoms with van der Waals surface area (Å²) in [4.78, 5) is 30.6. The number of imidazole rings is 1. The van der Waals surface area contributed by atoms with Crippen LogP contribution in [0.25, 0.3) is 0 Å². The van der Waals surface area contributed by atoms with Crippen LogP contribution < -0.4 is 10.4 Å². The van der Waals surface area contributed by atoms with Gasteiger partial charge in [0.25, 0.3) is 5.91 Å². The van der Waals surface area contributed by atoms with Gasteiger partial charge >= 0.3 is 5.69 Å². The fourth-order valence-electron chi connectivity index (χ4n) is 4.37. The van der Waals surface area contributed by atoms with E-state index in [1.807, 2.05) is 25.1 Å². The van der Waals surface area contributed by atoms with Crippen molar-refractivity contribution >= 4 is 17.5 Å². The second-order valence-electron chi connectivity index (χ2n) is 7.69. The van der Waals surface area contributed by atoms with Crippen LogP contribution >= 0.6 is 11.6 Å². The zero-order valence-electron chi connectivity index (χ0n) is 15.7. The maximum Gasteiger partial charge on any atom is 0.323 e. The van der Waals surface area contributed by atoms with E-state index in [1.54, 1.807) is 4.90 Å². The molecule has 0 unspecified atom stereocenters. The first-order valence-electron chi connectivity index (χ1n) is 9.64. The van der Waals surface area contributed by atoms with Crippen LogP contribution in [0.4, 0.5) is 0 Å². The minimum atomic E-state index is -0.580. The summed E-state index contributed by atoms with van der Waals surface area (Å²) in [6, 6.07) is 5.57. The third-order valence-corrected chi connectivity index (χ3v) is 6.25. The van der Waals surface area contributed by atoms with Crippen LogP contribution in [0, 0.1) is 11.8 Å². The van der Waals surface area contributed by atoms with Gasteiger partial charge in [0, 0.05) is 24.3 Å². The average molecular weight is 406 g/mol. The number of aromatic nitrogens is 2. The molecule has 2 aliphatic rings. The highest BCUT2D eigenvalue weighted by Crippen LogP contribution is 2.38. The Kier molecular flexibility index (Phi) is 5.21. The number of likely N-dealkylation sites (tertiary alicyclic amines) is 1. The van der Waals surface area contributed by atoms with Gasteiger partial charge in [-0.1, -0.05) is 18.5 Å². The van der Waals surface area contributed by atoms with E-state index in [4.69, 9.17) is 16.3 Å². The predicted molar refractivity (Wildman–Crippen MR) is 105 cm³/mol. The average Bonchev–Trinajstić information content (AvgIpc) is 3.29. The molecule has 2 heterocycles. The Morgan fingerprint density at radius 2 is 2.07 bits per heavy atom. The second kappa shape index (κ2) is 7.64. The molecular formula is C20H24ClN3O4. The molecule has 4 rings (SSSR count). The topological polar surface area (TPSA) is 98.4 Å². The first kappa shape index (κ1) is 19.1. The number of aliphatic hydroxyl groups is 1. The van der Waals surface area contributed by atoms with E-state index < -0.39 is 11.8 Å². The summed E-state index contributed by atoms with van der Waals surface area (Å²) >= 11 is 6.17. The fraction of sp³-hybridized carbons (Fsp3) is 0.500. The van der Waals surface area contributed by atoms with Crippen molar-refractivity contribution < 1.29 is 14.6 Å². The van der Waals surface area contributed by atoms with Crippen molar-refractivity contribution in [1.29, 1.82) is 0 Å². The molecule has 8 heteroatoms. The van der Waals surface area contributed by atoms with Gasteiger partial charge in [0.2, 0.25) is 0 Å². The number of benzene rings is 1. The number of ether oxygens (including phenoxy) is 1. The van der Waals surface area contributed by atoms with E-state index in [9.17, 15) is 14.7 Å². The summed E-state index contributed by atoms with van der Waals surface area (Å²) in [5.41, 5.74) is 0.893. The number of H-pyrrole nitrogens is 2. The molecule has 7 nitrogen and oxygen atoms in total. The summed E-state index contributed by atoms with van der Waals surface area (Å²) in [5, 5.41) is 11.3. The molecule has 1 amide bonds. The molecule has 2 fully saturated rings. The van der Waals surface area contributed by atoms with Crippen LogP contribution in [0.5, 0.6) is 5.75 Å². The van der Waals surface area contributed by atoms with Gasteiger partial charge < -0.3 is 24.7 Å². The van der Waals surface area contributed by atoms with Crippen LogP contribution in [0.15, 0.2) is 29.2 Å². The van der Waals surface area contributed by atoms with E-state index in [0.29, 0.717) is 36.7 Å². The van der Waals surface area contributed by atoms with E-state index in [-0.39, 0.29) is 29.5 Å². The van der Waals surface area contributed by atoms with Gasteiger partial charge in [0.15, 0.2) is 0 Å². The number of rotatable bonds is 4. The molecule has 0 radical (unpaired) electrons. The van der Waals surface area contributed by atoms with E-state index in [0.717, 1.165) is 12.0 Å². The summed E-state index contributed by atoms with van der Waals surface area (Å²) in [7, 11) is 0. The summed E-state index contributed by atoms with van der Waals surface area (Å²) < 4.78 is 6.09. The van der Waals surface area contributed by atoms with Crippen LogP contribution in [-0.4, -0.2) is 51.2 Å². The number of carbonyl (C=O) groups is 1. The number of amides is 1. The molecule has 4 atom stereocenters. The van der Waals surface area contributed by atoms with Gasteiger partial charge in [-0.2, -0.15) is 0 Å². The number of halogens is 1. The number of fused-ring (bicyclic) bond motifs is 1. The Labute approximate surface area is 167 Å². The van der Waals surface area contributed by atoms with Gasteiger partial charge in [0.05, 0.1) is 6.10 Å². The van der Waals surface area contributed by atoms with Gasteiger partial charge in [-0.05, 0) is 54.9 Å². The summed E-state index contributed by atoms with van der Waals surface area (Å²) in [6.07, 6.45) is 2.60. The molecule has 1 aliphatic carbocycles. The zero-order valence-corrected chi connectivity index (χ0v) is 16.4. The Morgan fingerprint density at radius 3 is 2.75 bits per heavy atom. The third kappa shape index (κ3) is 3.69. The molecule has 0 spiro atoms. The highest BCUT2D eigenvalue weighted by atomic mass is 35.5. The number of aliphatic hydroxyl groups excluding tert-OH is 1. The quantitative estimate of drug-likeness (QED) is 0.726. The molecule has 1 saturated carbocycles. The first-order chi connectivity index (χ1) is 13.4. The van der Waals surface area contributed by atoms with Crippen molar-refractivity contribution in [3.05, 3.63) is 51.2 Å². The zero-order chi connectivity index (χ0) is 19.8. The Balaban J connectivity index is 1.43. The van der Waals surface area contributed by atoms with E-state index in [2.05, 4.69) is 9.97 Å². The number of aromatic amines is 2. The Hall–Kier alpha value is -2.25. The van der Waals surface area contributed by atoms with Crippen molar-refractivity contribution in [2.24, 2.45) is 11.8 Å². The minimum absolute atomic E-state index is 0.190. The lowest BCUT2D eigenvalue weighted by molar-refractivity contribution is -0.0231. The van der Waals surface area contributed by atoms with Gasteiger partial charge in [-0.15, -0.1) is 0 Å². The summed E-state index contributed by atoms with van der Waals surface area (Å²) in [5.74, 6) is 1.02. The first-order valence-corrected chi connectivity index (χ1v) is 10.0. The Morgan fingerprint density at radius 1 is 1.32 bits per heavy atom. The molecule has 150 valence electrons. The van der Waals surface area contributed by atoms with Crippen LogP contribution in [0.2, 0.25) is 5.02 Å². The minimum Gasteiger partial charge on any atom is -0.488 e. The number of hydrogen-bond donors (Lipinski definition) is 3. The standard InChI is InChI=1S/C20H24ClN3O4/c1-2-11-5-14(3-4-15(11)21)28-18-7-13-10-24(9-12(13)6-17(18)25)19(26)16-8-22-20(27)23-16/h3-5,8,12-13,17-18,25H,2,6-7,9-10H2,1H3,(H2,22,23,27)/t12-,13+,17+,18+/m0/s1. The molecule has 1 aliphatic heterocycles. The lowest BCUT2D eigenvalue weighted by Crippen LogP contribution is -2.42. The lowest BCUT2D eigenvalue weighted by Gasteiger charge is -2.35. The van der Waals surface area contributed by atoms with Crippen LogP contribution in [-0.2, 0) is 6.42 Å². The molecule has 3 N–H and O–H groups in total. The van der Waals surface area contributed by atoms with Gasteiger partial charge in [-0.25, -0.2) is 4.79 Å². The molecule has 28 heavy (non-hydrogen) atoms. The highest BCUT2D eigenvalue weighted by Gasteiger charge is 2.44. The second-order valence-corrected chi connectivity index (χ2v) is 8.10. The molecule has 1 aromatic carbocycles. The monoisotopic (exact) mass is 405 g/mol. The number of nitrogens with zero attached hydrogens (tertiary/aromatic N) is 1. The molecule has 1 aromatic heterocycles. The van der Waals surface area contributed by atoms with Gasteiger partial charge in [0.1, 0.15) is 17.5 Å². The number of carbonyl (C=O) groups excluding carboxylic acids is 1. The van der Waals surface area contributed by atoms with Crippen molar-refractivity contribution in [3.63, 3.8) is 0 Å². The third-order valence-electron chi connectivity index (χ3n) is 5.88. The van der Waals surface area contributed by atoms with Crippen LogP contribution in [0.1, 0.15) is 35.8 Å². The maximum atomic E-state index is 12.6.